The third-order valence-corrected chi connectivity index (χ3v) is 3.35. The van der Waals surface area contributed by atoms with Crippen LogP contribution < -0.4 is 0 Å². The number of fused-ring (bicyclic) bond motifs is 1. The van der Waals surface area contributed by atoms with Crippen LogP contribution in [0.1, 0.15) is 21.7 Å². The molecule has 0 atom stereocenters. The highest BCUT2D eigenvalue weighted by atomic mass is 19.4. The summed E-state index contributed by atoms with van der Waals surface area (Å²) in [7, 11) is 0. The Morgan fingerprint density at radius 1 is 1.13 bits per heavy atom. The minimum absolute atomic E-state index is 0.222. The predicted molar refractivity (Wildman–Crippen MR) is 75.0 cm³/mol. The summed E-state index contributed by atoms with van der Waals surface area (Å²) < 4.78 is 39.8. The second kappa shape index (κ2) is 5.38. The van der Waals surface area contributed by atoms with Gasteiger partial charge in [0.25, 0.3) is 0 Å². The van der Waals surface area contributed by atoms with Crippen molar-refractivity contribution in [1.29, 1.82) is 0 Å². The maximum absolute atomic E-state index is 13.1. The number of aromatic carboxylic acids is 1. The van der Waals surface area contributed by atoms with E-state index in [1.54, 1.807) is 18.2 Å². The first-order chi connectivity index (χ1) is 10.9. The van der Waals surface area contributed by atoms with Crippen molar-refractivity contribution < 1.29 is 23.1 Å². The lowest BCUT2D eigenvalue weighted by molar-refractivity contribution is -0.144. The number of carboxylic acids is 1. The summed E-state index contributed by atoms with van der Waals surface area (Å²) in [5.41, 5.74) is -1.90. The molecule has 1 N–H and O–H groups in total. The summed E-state index contributed by atoms with van der Waals surface area (Å²) in [6, 6.07) is 12.6. The van der Waals surface area contributed by atoms with Gasteiger partial charge in [-0.05, 0) is 22.4 Å². The summed E-state index contributed by atoms with van der Waals surface area (Å²) in [5.74, 6) is -1.76. The Balaban J connectivity index is 2.03. The third kappa shape index (κ3) is 2.87. The number of benzene rings is 2. The van der Waals surface area contributed by atoms with Crippen molar-refractivity contribution in [1.82, 2.24) is 15.0 Å². The Bertz CT molecular complexity index is 887. The van der Waals surface area contributed by atoms with Crippen LogP contribution in [0.4, 0.5) is 13.2 Å². The van der Waals surface area contributed by atoms with E-state index in [-0.39, 0.29) is 6.54 Å². The highest BCUT2D eigenvalue weighted by Crippen LogP contribution is 2.31. The number of nitrogens with zero attached hydrogens (tertiary/aromatic N) is 3. The van der Waals surface area contributed by atoms with Gasteiger partial charge in [0.05, 0.1) is 6.54 Å². The number of rotatable bonds is 3. The number of halogens is 3. The van der Waals surface area contributed by atoms with E-state index in [0.717, 1.165) is 10.8 Å². The van der Waals surface area contributed by atoms with Gasteiger partial charge in [0, 0.05) is 0 Å². The lowest BCUT2D eigenvalue weighted by Crippen LogP contribution is -2.18. The molecule has 0 amide bonds. The van der Waals surface area contributed by atoms with E-state index in [4.69, 9.17) is 5.11 Å². The summed E-state index contributed by atoms with van der Waals surface area (Å²) in [6.45, 7) is -0.222. The molecule has 2 aromatic carbocycles. The molecular formula is C15H10F3N3O2. The van der Waals surface area contributed by atoms with Gasteiger partial charge in [-0.15, -0.1) is 5.10 Å². The molecule has 0 bridgehead atoms. The van der Waals surface area contributed by atoms with E-state index in [1.807, 2.05) is 24.3 Å². The standard InChI is InChI=1S/C15H10F3N3O2/c16-15(17,18)13-12(14(22)23)19-20-21(13)8-9-5-6-10-3-1-2-4-11(10)7-9/h1-7H,8H2,(H,22,23). The first-order valence-electron chi connectivity index (χ1n) is 6.58. The number of carboxylic acid groups (broad SMARTS) is 1. The van der Waals surface area contributed by atoms with Crippen molar-refractivity contribution in [2.45, 2.75) is 12.7 Å². The van der Waals surface area contributed by atoms with Crippen LogP contribution >= 0.6 is 0 Å². The Labute approximate surface area is 128 Å². The molecule has 0 saturated carbocycles. The fraction of sp³-hybridized carbons (Fsp3) is 0.133. The molecule has 0 radical (unpaired) electrons. The summed E-state index contributed by atoms with van der Waals surface area (Å²) >= 11 is 0. The predicted octanol–water partition coefficient (Wildman–Crippen LogP) is 3.20. The normalized spacial score (nSPS) is 11.8. The number of aromatic nitrogens is 3. The molecule has 0 fully saturated rings. The molecule has 0 unspecified atom stereocenters. The summed E-state index contributed by atoms with van der Waals surface area (Å²) in [6.07, 6.45) is -4.85. The molecule has 0 aliphatic heterocycles. The van der Waals surface area contributed by atoms with Gasteiger partial charge in [-0.3, -0.25) is 0 Å². The van der Waals surface area contributed by atoms with Gasteiger partial charge >= 0.3 is 12.1 Å². The molecule has 3 rings (SSSR count). The third-order valence-electron chi connectivity index (χ3n) is 3.35. The molecule has 118 valence electrons. The van der Waals surface area contributed by atoms with Crippen LogP contribution in [0, 0.1) is 0 Å². The highest BCUT2D eigenvalue weighted by Gasteiger charge is 2.41. The zero-order valence-electron chi connectivity index (χ0n) is 11.6. The molecule has 0 saturated heterocycles. The summed E-state index contributed by atoms with van der Waals surface area (Å²) in [4.78, 5) is 10.9. The Morgan fingerprint density at radius 3 is 2.48 bits per heavy atom. The lowest BCUT2D eigenvalue weighted by Gasteiger charge is -2.10. The molecule has 1 heterocycles. The van der Waals surface area contributed by atoms with E-state index in [1.165, 1.54) is 0 Å². The average molecular weight is 321 g/mol. The zero-order valence-corrected chi connectivity index (χ0v) is 11.6. The molecule has 23 heavy (non-hydrogen) atoms. The molecule has 0 spiro atoms. The van der Waals surface area contributed by atoms with Crippen molar-refractivity contribution >= 4 is 16.7 Å². The van der Waals surface area contributed by atoms with E-state index in [9.17, 15) is 18.0 Å². The lowest BCUT2D eigenvalue weighted by atomic mass is 10.1. The van der Waals surface area contributed by atoms with Gasteiger partial charge in [0.2, 0.25) is 5.69 Å². The molecular weight excluding hydrogens is 311 g/mol. The van der Waals surface area contributed by atoms with Crippen LogP contribution in [0.15, 0.2) is 42.5 Å². The Morgan fingerprint density at radius 2 is 1.83 bits per heavy atom. The van der Waals surface area contributed by atoms with Crippen molar-refractivity contribution in [3.05, 3.63) is 59.4 Å². The maximum atomic E-state index is 13.1. The number of hydrogen-bond acceptors (Lipinski definition) is 3. The molecule has 1 aromatic heterocycles. The first-order valence-corrected chi connectivity index (χ1v) is 6.58. The fourth-order valence-corrected chi connectivity index (χ4v) is 2.36. The average Bonchev–Trinajstić information content (AvgIpc) is 2.91. The number of carbonyl (C=O) groups is 1. The quantitative estimate of drug-likeness (QED) is 0.804. The van der Waals surface area contributed by atoms with Gasteiger partial charge < -0.3 is 5.11 Å². The van der Waals surface area contributed by atoms with E-state index in [0.29, 0.717) is 10.2 Å². The SMILES string of the molecule is O=C(O)c1nnn(Cc2ccc3ccccc3c2)c1C(F)(F)F. The van der Waals surface area contributed by atoms with Gasteiger partial charge in [-0.2, -0.15) is 13.2 Å². The number of alkyl halides is 3. The second-order valence-corrected chi connectivity index (χ2v) is 4.93. The van der Waals surface area contributed by atoms with Crippen molar-refractivity contribution in [2.75, 3.05) is 0 Å². The minimum atomic E-state index is -4.85. The van der Waals surface area contributed by atoms with Crippen LogP contribution in [-0.4, -0.2) is 26.1 Å². The van der Waals surface area contributed by atoms with Gasteiger partial charge in [-0.25, -0.2) is 9.48 Å². The maximum Gasteiger partial charge on any atom is 0.435 e. The Hall–Kier alpha value is -2.90. The van der Waals surface area contributed by atoms with Crippen LogP contribution in [0.2, 0.25) is 0 Å². The van der Waals surface area contributed by atoms with E-state index in [2.05, 4.69) is 10.3 Å². The molecule has 3 aromatic rings. The zero-order chi connectivity index (χ0) is 16.6. The smallest absolute Gasteiger partial charge is 0.435 e. The van der Waals surface area contributed by atoms with Crippen LogP contribution in [0.3, 0.4) is 0 Å². The van der Waals surface area contributed by atoms with E-state index >= 15 is 0 Å². The molecule has 8 heteroatoms. The van der Waals surface area contributed by atoms with Gasteiger partial charge in [0.15, 0.2) is 5.69 Å². The van der Waals surface area contributed by atoms with Crippen molar-refractivity contribution in [2.24, 2.45) is 0 Å². The van der Waals surface area contributed by atoms with E-state index < -0.39 is 23.5 Å². The topological polar surface area (TPSA) is 68.0 Å². The monoisotopic (exact) mass is 321 g/mol. The van der Waals surface area contributed by atoms with Gasteiger partial charge in [-0.1, -0.05) is 41.6 Å². The fourth-order valence-electron chi connectivity index (χ4n) is 2.36. The van der Waals surface area contributed by atoms with Crippen LogP contribution in [0.5, 0.6) is 0 Å². The van der Waals surface area contributed by atoms with Crippen molar-refractivity contribution in [3.8, 4) is 0 Å². The number of hydrogen-bond donors (Lipinski definition) is 1. The van der Waals surface area contributed by atoms with Crippen LogP contribution in [-0.2, 0) is 12.7 Å². The molecule has 5 nitrogen and oxygen atoms in total. The molecule has 0 aliphatic rings. The van der Waals surface area contributed by atoms with Crippen LogP contribution in [0.25, 0.3) is 10.8 Å². The van der Waals surface area contributed by atoms with Crippen molar-refractivity contribution in [3.63, 3.8) is 0 Å². The van der Waals surface area contributed by atoms with Gasteiger partial charge in [0.1, 0.15) is 0 Å². The first kappa shape index (κ1) is 15.0. The highest BCUT2D eigenvalue weighted by molar-refractivity contribution is 5.86. The molecule has 0 aliphatic carbocycles. The Kier molecular flexibility index (Phi) is 3.51. The second-order valence-electron chi connectivity index (χ2n) is 4.93. The summed E-state index contributed by atoms with van der Waals surface area (Å²) in [5, 5.41) is 17.1. The minimum Gasteiger partial charge on any atom is -0.476 e. The largest absolute Gasteiger partial charge is 0.476 e.